The molecule has 0 atom stereocenters. The summed E-state index contributed by atoms with van der Waals surface area (Å²) in [5.74, 6) is 1.10. The van der Waals surface area contributed by atoms with Gasteiger partial charge in [-0.05, 0) is 18.4 Å². The normalized spacial score (nSPS) is 10.7. The number of nitrogens with one attached hydrogen (secondary N) is 2. The fraction of sp³-hybridized carbons (Fsp3) is 0.400. The van der Waals surface area contributed by atoms with Crippen LogP contribution in [0.4, 0.5) is 10.3 Å². The van der Waals surface area contributed by atoms with Crippen LogP contribution in [-0.2, 0) is 0 Å². The molecular formula is C10H14N4S3. The van der Waals surface area contributed by atoms with Gasteiger partial charge in [0, 0.05) is 23.2 Å². The summed E-state index contributed by atoms with van der Waals surface area (Å²) in [6.07, 6.45) is 6.94. The molecule has 0 unspecified atom stereocenters. The van der Waals surface area contributed by atoms with Gasteiger partial charge in [-0.1, -0.05) is 0 Å². The van der Waals surface area contributed by atoms with Crippen LogP contribution in [0.3, 0.4) is 0 Å². The standard InChI is InChI=1S/C10H14N4S3/c1-15-5-2-8(13-9-11-3-6-16-9)14-10-12-4-7-17-10/h3-4,6-8H,2,5H2,1H3,(H,11,13)(H,12,14). The zero-order chi connectivity index (χ0) is 11.9. The van der Waals surface area contributed by atoms with Crippen LogP contribution in [0.1, 0.15) is 6.42 Å². The van der Waals surface area contributed by atoms with E-state index >= 15 is 0 Å². The Labute approximate surface area is 113 Å². The highest BCUT2D eigenvalue weighted by molar-refractivity contribution is 7.98. The Morgan fingerprint density at radius 1 is 1.18 bits per heavy atom. The molecule has 0 fully saturated rings. The Morgan fingerprint density at radius 3 is 2.18 bits per heavy atom. The van der Waals surface area contributed by atoms with E-state index in [9.17, 15) is 0 Å². The van der Waals surface area contributed by atoms with Crippen LogP contribution in [0, 0.1) is 0 Å². The van der Waals surface area contributed by atoms with Gasteiger partial charge in [0.1, 0.15) is 6.17 Å². The van der Waals surface area contributed by atoms with Crippen molar-refractivity contribution in [1.29, 1.82) is 0 Å². The molecule has 7 heteroatoms. The van der Waals surface area contributed by atoms with Crippen LogP contribution in [0.2, 0.25) is 0 Å². The van der Waals surface area contributed by atoms with E-state index in [-0.39, 0.29) is 6.17 Å². The molecule has 17 heavy (non-hydrogen) atoms. The van der Waals surface area contributed by atoms with Gasteiger partial charge in [-0.3, -0.25) is 0 Å². The van der Waals surface area contributed by atoms with Crippen molar-refractivity contribution in [2.75, 3.05) is 22.6 Å². The first-order valence-electron chi connectivity index (χ1n) is 5.19. The summed E-state index contributed by atoms with van der Waals surface area (Å²) >= 11 is 5.06. The van der Waals surface area contributed by atoms with Crippen molar-refractivity contribution < 1.29 is 0 Å². The van der Waals surface area contributed by atoms with Crippen molar-refractivity contribution in [3.63, 3.8) is 0 Å². The Bertz CT molecular complexity index is 365. The number of anilines is 2. The average molecular weight is 286 g/mol. The van der Waals surface area contributed by atoms with Crippen LogP contribution < -0.4 is 10.6 Å². The van der Waals surface area contributed by atoms with Crippen LogP contribution in [-0.4, -0.2) is 28.1 Å². The number of rotatable bonds is 7. The molecule has 0 aliphatic carbocycles. The van der Waals surface area contributed by atoms with E-state index in [4.69, 9.17) is 0 Å². The molecule has 4 nitrogen and oxygen atoms in total. The summed E-state index contributed by atoms with van der Waals surface area (Å²) < 4.78 is 0. The Morgan fingerprint density at radius 2 is 1.76 bits per heavy atom. The lowest BCUT2D eigenvalue weighted by Crippen LogP contribution is -2.29. The number of hydrogen-bond donors (Lipinski definition) is 2. The minimum Gasteiger partial charge on any atom is -0.341 e. The molecule has 2 heterocycles. The molecular weight excluding hydrogens is 272 g/mol. The number of thioether (sulfide) groups is 1. The van der Waals surface area contributed by atoms with Crippen LogP contribution in [0.25, 0.3) is 0 Å². The van der Waals surface area contributed by atoms with Gasteiger partial charge in [-0.15, -0.1) is 22.7 Å². The maximum atomic E-state index is 4.24. The van der Waals surface area contributed by atoms with E-state index in [0.29, 0.717) is 0 Å². The van der Waals surface area contributed by atoms with Gasteiger partial charge >= 0.3 is 0 Å². The minimum atomic E-state index is 0.180. The van der Waals surface area contributed by atoms with E-state index in [2.05, 4.69) is 26.9 Å². The molecule has 0 saturated carbocycles. The smallest absolute Gasteiger partial charge is 0.184 e. The van der Waals surface area contributed by atoms with Crippen molar-refractivity contribution in [3.8, 4) is 0 Å². The maximum absolute atomic E-state index is 4.24. The fourth-order valence-electron chi connectivity index (χ4n) is 1.30. The molecule has 0 radical (unpaired) electrons. The van der Waals surface area contributed by atoms with Gasteiger partial charge in [0.2, 0.25) is 0 Å². The van der Waals surface area contributed by atoms with Crippen molar-refractivity contribution in [2.45, 2.75) is 12.6 Å². The second-order valence-electron chi connectivity index (χ2n) is 3.30. The first-order valence-corrected chi connectivity index (χ1v) is 8.35. The van der Waals surface area contributed by atoms with E-state index in [0.717, 1.165) is 22.4 Å². The SMILES string of the molecule is CSCCC(Nc1nccs1)Nc1nccs1. The summed E-state index contributed by atoms with van der Waals surface area (Å²) in [6, 6.07) is 0. The van der Waals surface area contributed by atoms with Gasteiger partial charge in [-0.2, -0.15) is 11.8 Å². The summed E-state index contributed by atoms with van der Waals surface area (Å²) in [4.78, 5) is 8.47. The molecule has 2 rings (SSSR count). The molecule has 0 aliphatic rings. The average Bonchev–Trinajstić information content (AvgIpc) is 2.99. The molecule has 0 aromatic carbocycles. The van der Waals surface area contributed by atoms with Crippen molar-refractivity contribution in [1.82, 2.24) is 9.97 Å². The van der Waals surface area contributed by atoms with Crippen molar-refractivity contribution in [3.05, 3.63) is 23.2 Å². The van der Waals surface area contributed by atoms with Crippen LogP contribution >= 0.6 is 34.4 Å². The lowest BCUT2D eigenvalue weighted by atomic mass is 10.4. The number of nitrogens with zero attached hydrogens (tertiary/aromatic N) is 2. The molecule has 0 spiro atoms. The van der Waals surface area contributed by atoms with Crippen molar-refractivity contribution >= 4 is 44.7 Å². The molecule has 0 amide bonds. The molecule has 2 aromatic rings. The fourth-order valence-corrected chi connectivity index (χ4v) is 2.94. The molecule has 0 saturated heterocycles. The predicted octanol–water partition coefficient (Wildman–Crippen LogP) is 3.20. The third kappa shape index (κ3) is 4.18. The Hall–Kier alpha value is -0.790. The van der Waals surface area contributed by atoms with Gasteiger partial charge in [0.15, 0.2) is 10.3 Å². The van der Waals surface area contributed by atoms with E-state index in [1.165, 1.54) is 0 Å². The zero-order valence-corrected chi connectivity index (χ0v) is 11.9. The highest BCUT2D eigenvalue weighted by Gasteiger charge is 2.10. The molecule has 2 aromatic heterocycles. The minimum absolute atomic E-state index is 0.180. The molecule has 2 N–H and O–H groups in total. The van der Waals surface area contributed by atoms with Crippen molar-refractivity contribution in [2.24, 2.45) is 0 Å². The Balaban J connectivity index is 1.92. The van der Waals surface area contributed by atoms with E-state index < -0.39 is 0 Å². The first kappa shape index (κ1) is 12.7. The van der Waals surface area contributed by atoms with Gasteiger partial charge in [0.05, 0.1) is 0 Å². The number of thiazole rings is 2. The van der Waals surface area contributed by atoms with E-state index in [1.807, 2.05) is 34.9 Å². The summed E-state index contributed by atoms with van der Waals surface area (Å²) in [5, 5.41) is 12.6. The second-order valence-corrected chi connectivity index (χ2v) is 6.07. The summed E-state index contributed by atoms with van der Waals surface area (Å²) in [7, 11) is 0. The molecule has 0 bridgehead atoms. The third-order valence-electron chi connectivity index (χ3n) is 2.07. The highest BCUT2D eigenvalue weighted by atomic mass is 32.2. The predicted molar refractivity (Wildman–Crippen MR) is 78.3 cm³/mol. The molecule has 0 aliphatic heterocycles. The second kappa shape index (κ2) is 6.83. The molecule has 92 valence electrons. The van der Waals surface area contributed by atoms with Crippen LogP contribution in [0.15, 0.2) is 23.2 Å². The lowest BCUT2D eigenvalue weighted by Gasteiger charge is -2.18. The Kier molecular flexibility index (Phi) is 5.08. The van der Waals surface area contributed by atoms with Gasteiger partial charge in [-0.25, -0.2) is 9.97 Å². The third-order valence-corrected chi connectivity index (χ3v) is 4.12. The van der Waals surface area contributed by atoms with E-state index in [1.54, 1.807) is 22.7 Å². The largest absolute Gasteiger partial charge is 0.341 e. The van der Waals surface area contributed by atoms with Crippen LogP contribution in [0.5, 0.6) is 0 Å². The first-order chi connectivity index (χ1) is 8.38. The zero-order valence-electron chi connectivity index (χ0n) is 9.42. The summed E-state index contributed by atoms with van der Waals surface area (Å²) in [6.45, 7) is 0. The highest BCUT2D eigenvalue weighted by Crippen LogP contribution is 2.17. The number of hydrogen-bond acceptors (Lipinski definition) is 7. The number of aromatic nitrogens is 2. The monoisotopic (exact) mass is 286 g/mol. The van der Waals surface area contributed by atoms with Gasteiger partial charge in [0.25, 0.3) is 0 Å². The maximum Gasteiger partial charge on any atom is 0.184 e. The quantitative estimate of drug-likeness (QED) is 0.766. The summed E-state index contributed by atoms with van der Waals surface area (Å²) in [5.41, 5.74) is 0. The lowest BCUT2D eigenvalue weighted by molar-refractivity contribution is 0.784. The van der Waals surface area contributed by atoms with Gasteiger partial charge < -0.3 is 10.6 Å². The topological polar surface area (TPSA) is 49.8 Å².